The molecule has 0 aliphatic heterocycles. The van der Waals surface area contributed by atoms with Crippen LogP contribution in [0.15, 0.2) is 120 Å². The van der Waals surface area contributed by atoms with Crippen LogP contribution in [0, 0.1) is 38.6 Å². The van der Waals surface area contributed by atoms with Crippen LogP contribution in [0.25, 0.3) is 82.8 Å². The summed E-state index contributed by atoms with van der Waals surface area (Å²) >= 11 is 0. The maximum absolute atomic E-state index is 14.1. The summed E-state index contributed by atoms with van der Waals surface area (Å²) in [6.07, 6.45) is 1.71. The number of imidazole rings is 1. The van der Waals surface area contributed by atoms with Crippen molar-refractivity contribution in [1.82, 2.24) is 19.5 Å². The first-order valence-electron chi connectivity index (χ1n) is 22.8. The summed E-state index contributed by atoms with van der Waals surface area (Å²) < 4.78 is 45.0. The first kappa shape index (κ1) is 39.8. The Hall–Kier alpha value is -6.01. The molecular weight excluding hydrogens is 956 g/mol. The Balaban J connectivity index is 0.000000228. The van der Waals surface area contributed by atoms with Crippen molar-refractivity contribution in [3.05, 3.63) is 167 Å². The van der Waals surface area contributed by atoms with Crippen molar-refractivity contribution in [2.75, 3.05) is 0 Å². The van der Waals surface area contributed by atoms with Gasteiger partial charge in [0.15, 0.2) is 0 Å². The number of hydrogen-bond donors (Lipinski definition) is 0. The number of fused-ring (bicyclic) bond motifs is 6. The number of benzene rings is 6. The first-order valence-corrected chi connectivity index (χ1v) is 21.3. The number of aromatic nitrogens is 4. The van der Waals surface area contributed by atoms with Crippen molar-refractivity contribution in [2.45, 2.75) is 86.4 Å². The molecule has 0 aliphatic carbocycles. The molecule has 0 bridgehead atoms. The molecule has 5 nitrogen and oxygen atoms in total. The van der Waals surface area contributed by atoms with E-state index in [0.29, 0.717) is 17.5 Å². The minimum Gasteiger partial charge on any atom is -0.501 e. The fourth-order valence-corrected chi connectivity index (χ4v) is 8.54. The van der Waals surface area contributed by atoms with Crippen LogP contribution in [0.2, 0.25) is 0 Å². The quantitative estimate of drug-likeness (QED) is 0.127. The summed E-state index contributed by atoms with van der Waals surface area (Å²) in [6, 6.07) is 42.6. The largest absolute Gasteiger partial charge is 0.501 e. The number of nitrogens with zero attached hydrogens (tertiary/aromatic N) is 4. The molecule has 0 saturated heterocycles. The summed E-state index contributed by atoms with van der Waals surface area (Å²) in [5, 5.41) is 6.98. The zero-order valence-electron chi connectivity index (χ0n) is 40.0. The summed E-state index contributed by atoms with van der Waals surface area (Å²) in [4.78, 5) is 14.4. The first-order chi connectivity index (χ1) is 30.9. The second-order valence-corrected chi connectivity index (χ2v) is 18.0. The summed E-state index contributed by atoms with van der Waals surface area (Å²) in [5.74, 6) is 0.851. The Labute approximate surface area is 387 Å². The van der Waals surface area contributed by atoms with Crippen molar-refractivity contribution in [2.24, 2.45) is 0 Å². The van der Waals surface area contributed by atoms with Gasteiger partial charge in [0.1, 0.15) is 5.58 Å². The van der Waals surface area contributed by atoms with Crippen LogP contribution in [0.4, 0.5) is 4.39 Å². The van der Waals surface area contributed by atoms with E-state index in [2.05, 4.69) is 163 Å². The number of hydrogen-bond acceptors (Lipinski definition) is 4. The Morgan fingerprint density at radius 1 is 0.746 bits per heavy atom. The molecule has 4 heterocycles. The van der Waals surface area contributed by atoms with E-state index in [-0.39, 0.29) is 36.6 Å². The molecule has 0 N–H and O–H groups in total. The molecule has 0 saturated carbocycles. The Kier molecular flexibility index (Phi) is 10.7. The molecule has 4 aromatic heterocycles. The van der Waals surface area contributed by atoms with Gasteiger partial charge >= 0.3 is 0 Å². The van der Waals surface area contributed by atoms with Crippen molar-refractivity contribution in [1.29, 1.82) is 0 Å². The van der Waals surface area contributed by atoms with Crippen LogP contribution in [0.3, 0.4) is 0 Å². The van der Waals surface area contributed by atoms with Crippen molar-refractivity contribution in [3.63, 3.8) is 0 Å². The molecule has 0 spiro atoms. The molecule has 319 valence electrons. The molecule has 6 aromatic carbocycles. The second kappa shape index (κ2) is 16.9. The van der Waals surface area contributed by atoms with E-state index in [1.54, 1.807) is 12.3 Å². The molecule has 63 heavy (non-hydrogen) atoms. The minimum atomic E-state index is -2.33. The number of aryl methyl sites for hydroxylation is 3. The molecule has 1 radical (unpaired) electrons. The molecule has 0 amide bonds. The SMILES string of the molecule is Cc1cc2c(nc(-c3[c-]ccc4c3oc3cc5cc6ccccc6cc5cc34)n2-c2c(C(C)C)cccc2C(C)C)c(C)n1.[2H]C([2H])([2H])c1c[c-]c(-c2ccc(C(C)(C)C)cn2)c(F)c1.[Ir]. The predicted molar refractivity (Wildman–Crippen MR) is 255 cm³/mol. The number of rotatable bonds is 5. The van der Waals surface area contributed by atoms with Crippen molar-refractivity contribution >= 4 is 54.5 Å². The maximum Gasteiger partial charge on any atom is 0.121 e. The van der Waals surface area contributed by atoms with E-state index in [1.165, 1.54) is 39.0 Å². The molecule has 0 aliphatic rings. The average Bonchev–Trinajstić information content (AvgIpc) is 3.82. The Morgan fingerprint density at radius 2 is 1.44 bits per heavy atom. The Morgan fingerprint density at radius 3 is 2.06 bits per heavy atom. The number of halogens is 1. The zero-order valence-corrected chi connectivity index (χ0v) is 39.4. The third-order valence-electron chi connectivity index (χ3n) is 11.8. The van der Waals surface area contributed by atoms with Gasteiger partial charge in [-0.05, 0) is 105 Å². The number of para-hydroxylation sites is 1. The summed E-state index contributed by atoms with van der Waals surface area (Å²) in [7, 11) is 0. The van der Waals surface area contributed by atoms with Crippen LogP contribution in [-0.4, -0.2) is 19.5 Å². The van der Waals surface area contributed by atoms with Gasteiger partial charge in [-0.2, -0.15) is 0 Å². The molecule has 0 atom stereocenters. The normalized spacial score (nSPS) is 12.8. The number of furan rings is 1. The standard InChI is InChI=1S/C40H34N3O.C16H17FN.Ir/c1-22(2)30-13-9-14-31(23(3)4)38(30)43-35-17-24(5)41-25(6)37(35)42-40(43)33-16-10-15-32-34-20-28-18-26-11-7-8-12-27(26)19-29(28)21-36(34)44-39(32)33;1-11-5-7-13(14(17)9-11)15-8-6-12(10-18-15)16(2,3)4;/h7-15,17-23H,1-6H3;5-6,8-10H,1-4H3;/q2*-1;/i;1D3;. The second-order valence-electron chi connectivity index (χ2n) is 18.0. The van der Waals surface area contributed by atoms with Crippen LogP contribution in [0.1, 0.15) is 98.1 Å². The fraction of sp³-hybridized carbons (Fsp3) is 0.232. The van der Waals surface area contributed by atoms with Gasteiger partial charge in [-0.15, -0.1) is 42.0 Å². The molecule has 10 rings (SSSR count). The van der Waals surface area contributed by atoms with Gasteiger partial charge in [-0.25, -0.2) is 0 Å². The van der Waals surface area contributed by atoms with Gasteiger partial charge < -0.3 is 14.0 Å². The third kappa shape index (κ3) is 8.09. The van der Waals surface area contributed by atoms with E-state index in [4.69, 9.17) is 18.5 Å². The Bertz CT molecular complexity index is 3430. The van der Waals surface area contributed by atoms with Crippen molar-refractivity contribution < 1.29 is 33.0 Å². The van der Waals surface area contributed by atoms with Gasteiger partial charge in [0.05, 0.1) is 28.1 Å². The zero-order chi connectivity index (χ0) is 46.1. The van der Waals surface area contributed by atoms with E-state index in [0.717, 1.165) is 72.8 Å². The van der Waals surface area contributed by atoms with Crippen LogP contribution < -0.4 is 0 Å². The van der Waals surface area contributed by atoms with Gasteiger partial charge in [-0.1, -0.05) is 126 Å². The van der Waals surface area contributed by atoms with E-state index < -0.39 is 12.7 Å². The summed E-state index contributed by atoms with van der Waals surface area (Å²) in [5.41, 5.74) is 11.7. The molecule has 0 fully saturated rings. The molecule has 10 aromatic rings. The third-order valence-corrected chi connectivity index (χ3v) is 11.8. The average molecular weight is 1010 g/mol. The van der Waals surface area contributed by atoms with Gasteiger partial charge in [-0.3, -0.25) is 14.4 Å². The maximum atomic E-state index is 14.1. The van der Waals surface area contributed by atoms with Crippen LogP contribution in [0.5, 0.6) is 0 Å². The van der Waals surface area contributed by atoms with Crippen molar-refractivity contribution in [3.8, 4) is 28.3 Å². The minimum absolute atomic E-state index is 0. The molecule has 0 unspecified atom stereocenters. The fourth-order valence-electron chi connectivity index (χ4n) is 8.54. The predicted octanol–water partition coefficient (Wildman–Crippen LogP) is 15.2. The van der Waals surface area contributed by atoms with Gasteiger partial charge in [0.2, 0.25) is 0 Å². The number of pyridine rings is 2. The monoisotopic (exact) mass is 1010 g/mol. The van der Waals surface area contributed by atoms with E-state index in [1.807, 2.05) is 12.1 Å². The topological polar surface area (TPSA) is 56.7 Å². The van der Waals surface area contributed by atoms with Crippen LogP contribution in [-0.2, 0) is 25.5 Å². The molecular formula is C56H51FIrN4O-2. The summed E-state index contributed by atoms with van der Waals surface area (Å²) in [6.45, 7) is 17.0. The van der Waals surface area contributed by atoms with E-state index >= 15 is 0 Å². The van der Waals surface area contributed by atoms with Gasteiger partial charge in [0.25, 0.3) is 0 Å². The smallest absolute Gasteiger partial charge is 0.121 e. The molecule has 7 heteroatoms. The van der Waals surface area contributed by atoms with E-state index in [9.17, 15) is 4.39 Å². The van der Waals surface area contributed by atoms with Crippen LogP contribution >= 0.6 is 0 Å². The van der Waals surface area contributed by atoms with Gasteiger partial charge in [0, 0.05) is 53.0 Å².